The van der Waals surface area contributed by atoms with E-state index < -0.39 is 0 Å². The summed E-state index contributed by atoms with van der Waals surface area (Å²) in [5, 5.41) is 6.99. The molecule has 0 aliphatic rings. The minimum atomic E-state index is -0.0147. The van der Waals surface area contributed by atoms with Crippen molar-refractivity contribution in [1.82, 2.24) is 24.9 Å². The van der Waals surface area contributed by atoms with Gasteiger partial charge in [0.25, 0.3) is 5.78 Å². The molecule has 20 heavy (non-hydrogen) atoms. The molecule has 7 heteroatoms. The van der Waals surface area contributed by atoms with Crippen LogP contribution >= 0.6 is 0 Å². The Labute approximate surface area is 117 Å². The topological polar surface area (TPSA) is 98.2 Å². The van der Waals surface area contributed by atoms with E-state index in [2.05, 4.69) is 34.2 Å². The second-order valence-electron chi connectivity index (χ2n) is 5.32. The monoisotopic (exact) mass is 276 g/mol. The SMILES string of the molecule is Cc1nc2nc(N)nn2c(C)c1CC(=O)NCC(C)C. The van der Waals surface area contributed by atoms with Crippen LogP contribution in [-0.4, -0.2) is 32.0 Å². The maximum Gasteiger partial charge on any atom is 0.254 e. The molecule has 3 N–H and O–H groups in total. The maximum absolute atomic E-state index is 12.0. The number of hydrogen-bond acceptors (Lipinski definition) is 5. The summed E-state index contributed by atoms with van der Waals surface area (Å²) in [7, 11) is 0. The van der Waals surface area contributed by atoms with Crippen molar-refractivity contribution in [1.29, 1.82) is 0 Å². The predicted octanol–water partition coefficient (Wildman–Crippen LogP) is 0.638. The fourth-order valence-electron chi connectivity index (χ4n) is 2.02. The molecular weight excluding hydrogens is 256 g/mol. The number of nitrogens with one attached hydrogen (secondary N) is 1. The van der Waals surface area contributed by atoms with E-state index in [1.165, 1.54) is 0 Å². The van der Waals surface area contributed by atoms with Crippen LogP contribution in [0.2, 0.25) is 0 Å². The van der Waals surface area contributed by atoms with E-state index in [9.17, 15) is 4.79 Å². The van der Waals surface area contributed by atoms with Gasteiger partial charge in [0.05, 0.1) is 6.42 Å². The van der Waals surface area contributed by atoms with E-state index in [-0.39, 0.29) is 18.3 Å². The Bertz CT molecular complexity index is 646. The number of aryl methyl sites for hydroxylation is 2. The van der Waals surface area contributed by atoms with Gasteiger partial charge in [0.1, 0.15) is 0 Å². The summed E-state index contributed by atoms with van der Waals surface area (Å²) in [6.45, 7) is 8.54. The quantitative estimate of drug-likeness (QED) is 0.853. The molecule has 0 aliphatic carbocycles. The molecule has 1 amide bonds. The summed E-state index contributed by atoms with van der Waals surface area (Å²) in [5.74, 6) is 1.06. The van der Waals surface area contributed by atoms with E-state index in [4.69, 9.17) is 5.73 Å². The first kappa shape index (κ1) is 14.2. The zero-order valence-corrected chi connectivity index (χ0v) is 12.3. The van der Waals surface area contributed by atoms with Crippen LogP contribution in [0.1, 0.15) is 30.8 Å². The van der Waals surface area contributed by atoms with E-state index in [1.807, 2.05) is 13.8 Å². The van der Waals surface area contributed by atoms with Gasteiger partial charge in [0.2, 0.25) is 11.9 Å². The fraction of sp³-hybridized carbons (Fsp3) is 0.538. The van der Waals surface area contributed by atoms with E-state index in [0.717, 1.165) is 17.0 Å². The number of amides is 1. The molecule has 0 atom stereocenters. The first-order valence-electron chi connectivity index (χ1n) is 6.63. The summed E-state index contributed by atoms with van der Waals surface area (Å²) < 4.78 is 1.58. The molecular formula is C13H20N6O. The first-order chi connectivity index (χ1) is 9.38. The van der Waals surface area contributed by atoms with Crippen LogP contribution < -0.4 is 11.1 Å². The standard InChI is InChI=1S/C13H20N6O/c1-7(2)6-15-11(20)5-10-8(3)16-13-17-12(14)18-19(13)9(10)4/h7H,5-6H2,1-4H3,(H2,14,18)(H,15,20). The van der Waals surface area contributed by atoms with Crippen LogP contribution in [0.3, 0.4) is 0 Å². The number of carbonyl (C=O) groups excluding carboxylic acids is 1. The van der Waals surface area contributed by atoms with Gasteiger partial charge in [0.15, 0.2) is 0 Å². The third-order valence-corrected chi connectivity index (χ3v) is 3.11. The van der Waals surface area contributed by atoms with Crippen LogP contribution in [-0.2, 0) is 11.2 Å². The number of rotatable bonds is 4. The minimum Gasteiger partial charge on any atom is -0.366 e. The molecule has 0 spiro atoms. The average molecular weight is 276 g/mol. The molecule has 2 aromatic heterocycles. The van der Waals surface area contributed by atoms with Crippen LogP contribution in [0.15, 0.2) is 0 Å². The van der Waals surface area contributed by atoms with E-state index in [0.29, 0.717) is 18.2 Å². The lowest BCUT2D eigenvalue weighted by atomic mass is 10.1. The second kappa shape index (κ2) is 5.44. The Morgan fingerprint density at radius 3 is 2.70 bits per heavy atom. The van der Waals surface area contributed by atoms with E-state index in [1.54, 1.807) is 4.52 Å². The molecule has 0 fully saturated rings. The number of nitrogen functional groups attached to an aromatic ring is 1. The molecule has 0 aliphatic heterocycles. The highest BCUT2D eigenvalue weighted by Crippen LogP contribution is 2.14. The van der Waals surface area contributed by atoms with Gasteiger partial charge in [-0.3, -0.25) is 4.79 Å². The van der Waals surface area contributed by atoms with Crippen molar-refractivity contribution < 1.29 is 4.79 Å². The number of carbonyl (C=O) groups is 1. The summed E-state index contributed by atoms with van der Waals surface area (Å²) in [4.78, 5) is 20.3. The van der Waals surface area contributed by atoms with Crippen molar-refractivity contribution in [3.05, 3.63) is 17.0 Å². The molecule has 0 aromatic carbocycles. The van der Waals surface area contributed by atoms with Gasteiger partial charge in [-0.1, -0.05) is 13.8 Å². The molecule has 0 saturated heterocycles. The lowest BCUT2D eigenvalue weighted by Crippen LogP contribution is -2.29. The number of nitrogens with two attached hydrogens (primary N) is 1. The molecule has 0 saturated carbocycles. The number of fused-ring (bicyclic) bond motifs is 1. The Morgan fingerprint density at radius 1 is 1.35 bits per heavy atom. The Hall–Kier alpha value is -2.18. The summed E-state index contributed by atoms with van der Waals surface area (Å²) >= 11 is 0. The molecule has 0 bridgehead atoms. The zero-order valence-electron chi connectivity index (χ0n) is 12.3. The maximum atomic E-state index is 12.0. The summed E-state index contributed by atoms with van der Waals surface area (Å²) in [5.41, 5.74) is 8.07. The number of anilines is 1. The zero-order chi connectivity index (χ0) is 14.9. The van der Waals surface area contributed by atoms with E-state index >= 15 is 0 Å². The highest BCUT2D eigenvalue weighted by Gasteiger charge is 2.15. The van der Waals surface area contributed by atoms with Crippen molar-refractivity contribution in [2.45, 2.75) is 34.1 Å². The first-order valence-corrected chi connectivity index (χ1v) is 6.63. The van der Waals surface area contributed by atoms with Crippen LogP contribution in [0.5, 0.6) is 0 Å². The number of hydrogen-bond donors (Lipinski definition) is 2. The van der Waals surface area contributed by atoms with Gasteiger partial charge in [-0.15, -0.1) is 5.10 Å². The van der Waals surface area contributed by atoms with Gasteiger partial charge in [0, 0.05) is 23.5 Å². The molecule has 0 radical (unpaired) electrons. The predicted molar refractivity (Wildman–Crippen MR) is 76.2 cm³/mol. The van der Waals surface area contributed by atoms with Crippen LogP contribution in [0.25, 0.3) is 5.78 Å². The van der Waals surface area contributed by atoms with Crippen molar-refractivity contribution in [3.8, 4) is 0 Å². The molecule has 2 heterocycles. The van der Waals surface area contributed by atoms with Crippen LogP contribution in [0, 0.1) is 19.8 Å². The molecule has 7 nitrogen and oxygen atoms in total. The molecule has 108 valence electrons. The highest BCUT2D eigenvalue weighted by atomic mass is 16.1. The minimum absolute atomic E-state index is 0.0147. The third-order valence-electron chi connectivity index (χ3n) is 3.11. The van der Waals surface area contributed by atoms with Crippen molar-refractivity contribution in [2.24, 2.45) is 5.92 Å². The highest BCUT2D eigenvalue weighted by molar-refractivity contribution is 5.79. The largest absolute Gasteiger partial charge is 0.366 e. The number of nitrogens with zero attached hydrogens (tertiary/aromatic N) is 4. The van der Waals surface area contributed by atoms with Crippen LogP contribution in [0.4, 0.5) is 5.95 Å². The second-order valence-corrected chi connectivity index (χ2v) is 5.32. The lowest BCUT2D eigenvalue weighted by molar-refractivity contribution is -0.120. The summed E-state index contributed by atoms with van der Waals surface area (Å²) in [6, 6.07) is 0. The normalized spacial score (nSPS) is 11.2. The third kappa shape index (κ3) is 2.87. The summed E-state index contributed by atoms with van der Waals surface area (Å²) in [6.07, 6.45) is 0.285. The molecule has 2 rings (SSSR count). The Kier molecular flexibility index (Phi) is 3.87. The lowest BCUT2D eigenvalue weighted by Gasteiger charge is -2.11. The molecule has 0 unspecified atom stereocenters. The van der Waals surface area contributed by atoms with Gasteiger partial charge < -0.3 is 11.1 Å². The Balaban J connectivity index is 2.27. The smallest absolute Gasteiger partial charge is 0.254 e. The van der Waals surface area contributed by atoms with Gasteiger partial charge in [-0.2, -0.15) is 9.50 Å². The van der Waals surface area contributed by atoms with Crippen molar-refractivity contribution >= 4 is 17.6 Å². The van der Waals surface area contributed by atoms with Gasteiger partial charge in [-0.05, 0) is 19.8 Å². The van der Waals surface area contributed by atoms with Gasteiger partial charge in [-0.25, -0.2) is 4.98 Å². The van der Waals surface area contributed by atoms with Crippen molar-refractivity contribution in [2.75, 3.05) is 12.3 Å². The number of aromatic nitrogens is 4. The fourth-order valence-corrected chi connectivity index (χ4v) is 2.02. The molecule has 2 aromatic rings. The van der Waals surface area contributed by atoms with Gasteiger partial charge >= 0.3 is 0 Å². The Morgan fingerprint density at radius 2 is 2.05 bits per heavy atom. The van der Waals surface area contributed by atoms with Crippen molar-refractivity contribution in [3.63, 3.8) is 0 Å². The average Bonchev–Trinajstić information content (AvgIpc) is 2.72.